The minimum absolute atomic E-state index is 0.173. The van der Waals surface area contributed by atoms with Gasteiger partial charge in [0.05, 0.1) is 11.5 Å². The highest BCUT2D eigenvalue weighted by molar-refractivity contribution is 6.30. The number of esters is 1. The Morgan fingerprint density at radius 2 is 1.67 bits per heavy atom. The quantitative estimate of drug-likeness (QED) is 0.451. The van der Waals surface area contributed by atoms with Crippen molar-refractivity contribution in [3.63, 3.8) is 0 Å². The van der Waals surface area contributed by atoms with Gasteiger partial charge in [-0.05, 0) is 70.6 Å². The zero-order chi connectivity index (χ0) is 23.3. The molecule has 0 radical (unpaired) electrons. The van der Waals surface area contributed by atoms with Gasteiger partial charge in [0, 0.05) is 11.4 Å². The maximum Gasteiger partial charge on any atom is 0.417 e. The van der Waals surface area contributed by atoms with E-state index in [2.05, 4.69) is 0 Å². The lowest BCUT2D eigenvalue weighted by atomic mass is 9.77. The molecule has 172 valence electrons. The molecule has 0 aliphatic carbocycles. The van der Waals surface area contributed by atoms with Crippen LogP contribution in [0.2, 0.25) is 5.02 Å². The lowest BCUT2D eigenvalue weighted by Gasteiger charge is -2.32. The number of ether oxygens (including phenoxy) is 1. The number of halogens is 4. The largest absolute Gasteiger partial charge is 0.462 e. The minimum Gasteiger partial charge on any atom is -0.462 e. The van der Waals surface area contributed by atoms with Crippen molar-refractivity contribution in [3.8, 4) is 0 Å². The van der Waals surface area contributed by atoms with E-state index in [4.69, 9.17) is 16.3 Å². The number of hydrogen-bond acceptors (Lipinski definition) is 4. The maximum absolute atomic E-state index is 12.9. The molecule has 0 aromatic heterocycles. The third-order valence-corrected chi connectivity index (χ3v) is 5.53. The number of carbonyl (C=O) groups excluding carboxylic acids is 1. The zero-order valence-corrected chi connectivity index (χ0v) is 18.8. The molecule has 0 spiro atoms. The van der Waals surface area contributed by atoms with Crippen molar-refractivity contribution >= 4 is 17.6 Å². The molecule has 2 N–H and O–H groups in total. The van der Waals surface area contributed by atoms with Gasteiger partial charge in [0.1, 0.15) is 6.10 Å². The molecule has 1 aromatic carbocycles. The van der Waals surface area contributed by atoms with Gasteiger partial charge in [0.2, 0.25) is 0 Å². The Labute approximate surface area is 181 Å². The lowest BCUT2D eigenvalue weighted by molar-refractivity contribution is -0.261. The van der Waals surface area contributed by atoms with Crippen LogP contribution in [-0.2, 0) is 9.53 Å². The number of benzene rings is 1. The lowest BCUT2D eigenvalue weighted by Crippen LogP contribution is -2.45. The smallest absolute Gasteiger partial charge is 0.417 e. The number of aliphatic hydroxyl groups is 2. The van der Waals surface area contributed by atoms with Crippen molar-refractivity contribution < 1.29 is 32.9 Å². The molecule has 0 bridgehead atoms. The van der Waals surface area contributed by atoms with Crippen LogP contribution in [0.25, 0.3) is 0 Å². The van der Waals surface area contributed by atoms with Gasteiger partial charge in [-0.15, -0.1) is 0 Å². The summed E-state index contributed by atoms with van der Waals surface area (Å²) < 4.78 is 43.9. The van der Waals surface area contributed by atoms with Gasteiger partial charge in [0.25, 0.3) is 0 Å². The summed E-state index contributed by atoms with van der Waals surface area (Å²) in [6, 6.07) is 7.13. The average Bonchev–Trinajstić information content (AvgIpc) is 2.59. The minimum atomic E-state index is -4.82. The number of hydrogen-bond donors (Lipinski definition) is 2. The number of aliphatic hydroxyl groups excluding tert-OH is 1. The van der Waals surface area contributed by atoms with E-state index in [1.807, 2.05) is 19.1 Å². The Kier molecular flexibility index (Phi) is 9.21. The molecule has 0 saturated heterocycles. The molecule has 4 unspecified atom stereocenters. The second kappa shape index (κ2) is 10.3. The highest BCUT2D eigenvalue weighted by Crippen LogP contribution is 2.38. The first-order chi connectivity index (χ1) is 13.6. The molecule has 0 heterocycles. The van der Waals surface area contributed by atoms with Crippen molar-refractivity contribution in [1.29, 1.82) is 0 Å². The van der Waals surface area contributed by atoms with Crippen LogP contribution < -0.4 is 0 Å². The molecule has 30 heavy (non-hydrogen) atoms. The third kappa shape index (κ3) is 7.75. The summed E-state index contributed by atoms with van der Waals surface area (Å²) in [6.07, 6.45) is -5.95. The molecule has 0 aliphatic heterocycles. The van der Waals surface area contributed by atoms with Crippen molar-refractivity contribution in [3.05, 3.63) is 34.9 Å². The van der Waals surface area contributed by atoms with Crippen molar-refractivity contribution in [2.75, 3.05) is 0 Å². The van der Waals surface area contributed by atoms with E-state index in [9.17, 15) is 28.2 Å². The fourth-order valence-electron chi connectivity index (χ4n) is 3.33. The van der Waals surface area contributed by atoms with Gasteiger partial charge in [-0.25, -0.2) is 0 Å². The van der Waals surface area contributed by atoms with Gasteiger partial charge in [-0.2, -0.15) is 13.2 Å². The first-order valence-corrected chi connectivity index (χ1v) is 10.4. The number of carbonyl (C=O) groups is 1. The van der Waals surface area contributed by atoms with E-state index in [-0.39, 0.29) is 5.92 Å². The van der Waals surface area contributed by atoms with E-state index in [1.54, 1.807) is 26.0 Å². The Hall–Kier alpha value is -1.31. The first kappa shape index (κ1) is 26.7. The predicted molar refractivity (Wildman–Crippen MR) is 110 cm³/mol. The van der Waals surface area contributed by atoms with Gasteiger partial charge >= 0.3 is 12.1 Å². The Morgan fingerprint density at radius 1 is 1.13 bits per heavy atom. The summed E-state index contributed by atoms with van der Waals surface area (Å²) in [6.45, 7) is 7.16. The van der Waals surface area contributed by atoms with Crippen LogP contribution in [0, 0.1) is 5.41 Å². The van der Waals surface area contributed by atoms with Crippen molar-refractivity contribution in [1.82, 2.24) is 0 Å². The molecule has 0 fully saturated rings. The van der Waals surface area contributed by atoms with Crippen LogP contribution >= 0.6 is 11.6 Å². The molecule has 4 nitrogen and oxygen atoms in total. The molecular weight excluding hydrogens is 421 g/mol. The van der Waals surface area contributed by atoms with E-state index < -0.39 is 41.8 Å². The van der Waals surface area contributed by atoms with E-state index in [1.165, 1.54) is 6.92 Å². The maximum atomic E-state index is 12.9. The standard InChI is InChI=1S/C22H32ClF3O4/c1-6-18(27)11-16(15-7-9-17(23)10-8-15)13-20(3,4)19(28)30-14(2)12-21(5,29)22(24,25)26/h7-10,14,16,18,27,29H,6,11-13H2,1-5H3. The van der Waals surface area contributed by atoms with E-state index in [0.29, 0.717) is 31.2 Å². The Morgan fingerprint density at radius 3 is 2.13 bits per heavy atom. The average molecular weight is 453 g/mol. The van der Waals surface area contributed by atoms with Crippen LogP contribution in [0.15, 0.2) is 24.3 Å². The Balaban J connectivity index is 2.92. The molecular formula is C22H32ClF3O4. The Bertz CT molecular complexity index is 687. The highest BCUT2D eigenvalue weighted by atomic mass is 35.5. The summed E-state index contributed by atoms with van der Waals surface area (Å²) >= 11 is 5.95. The number of alkyl halides is 3. The first-order valence-electron chi connectivity index (χ1n) is 10.0. The topological polar surface area (TPSA) is 66.8 Å². The second-order valence-electron chi connectivity index (χ2n) is 8.83. The SMILES string of the molecule is CCC(O)CC(CC(C)(C)C(=O)OC(C)CC(C)(O)C(F)(F)F)c1ccc(Cl)cc1. The van der Waals surface area contributed by atoms with Crippen LogP contribution in [-0.4, -0.2) is 40.2 Å². The summed E-state index contributed by atoms with van der Waals surface area (Å²) in [5.41, 5.74) is -3.06. The zero-order valence-electron chi connectivity index (χ0n) is 18.1. The molecule has 4 atom stereocenters. The summed E-state index contributed by atoms with van der Waals surface area (Å²) in [5, 5.41) is 20.3. The molecule has 0 amide bonds. The van der Waals surface area contributed by atoms with Crippen LogP contribution in [0.5, 0.6) is 0 Å². The third-order valence-electron chi connectivity index (χ3n) is 5.28. The van der Waals surface area contributed by atoms with Gasteiger partial charge < -0.3 is 14.9 Å². The van der Waals surface area contributed by atoms with Gasteiger partial charge in [-0.1, -0.05) is 30.7 Å². The van der Waals surface area contributed by atoms with Crippen molar-refractivity contribution in [2.24, 2.45) is 5.41 Å². The molecule has 8 heteroatoms. The van der Waals surface area contributed by atoms with E-state index >= 15 is 0 Å². The van der Waals surface area contributed by atoms with Gasteiger partial charge in [-0.3, -0.25) is 4.79 Å². The summed E-state index contributed by atoms with van der Waals surface area (Å²) in [5.74, 6) is -0.828. The van der Waals surface area contributed by atoms with Crippen LogP contribution in [0.4, 0.5) is 13.2 Å². The summed E-state index contributed by atoms with van der Waals surface area (Å²) in [7, 11) is 0. The molecule has 1 aromatic rings. The summed E-state index contributed by atoms with van der Waals surface area (Å²) in [4.78, 5) is 12.7. The molecule has 1 rings (SSSR count). The fraction of sp³-hybridized carbons (Fsp3) is 0.682. The monoisotopic (exact) mass is 452 g/mol. The predicted octanol–water partition coefficient (Wildman–Crippen LogP) is 5.64. The molecule has 0 saturated carbocycles. The van der Waals surface area contributed by atoms with E-state index in [0.717, 1.165) is 5.56 Å². The normalized spacial score (nSPS) is 17.7. The fourth-order valence-corrected chi connectivity index (χ4v) is 3.45. The highest BCUT2D eigenvalue weighted by Gasteiger charge is 2.51. The number of rotatable bonds is 10. The second-order valence-corrected chi connectivity index (χ2v) is 9.26. The van der Waals surface area contributed by atoms with Gasteiger partial charge in [0.15, 0.2) is 5.60 Å². The van der Waals surface area contributed by atoms with Crippen LogP contribution in [0.3, 0.4) is 0 Å². The van der Waals surface area contributed by atoms with Crippen molar-refractivity contribution in [2.45, 2.75) is 90.2 Å². The van der Waals surface area contributed by atoms with Crippen LogP contribution in [0.1, 0.15) is 71.8 Å². The molecule has 0 aliphatic rings.